The molecule has 0 bridgehead atoms. The summed E-state index contributed by atoms with van der Waals surface area (Å²) < 4.78 is 0. The number of carbonyl (C=O) groups is 1. The van der Waals surface area contributed by atoms with E-state index in [9.17, 15) is 4.79 Å². The number of halogens is 2. The summed E-state index contributed by atoms with van der Waals surface area (Å²) in [5.41, 5.74) is 2.87. The van der Waals surface area contributed by atoms with Gasteiger partial charge in [-0.25, -0.2) is 0 Å². The van der Waals surface area contributed by atoms with E-state index in [1.807, 2.05) is 17.6 Å². The molecule has 1 N–H and O–H groups in total. The molecule has 0 aromatic carbocycles. The van der Waals surface area contributed by atoms with E-state index in [0.717, 1.165) is 21.7 Å². The number of amides is 1. The molecule has 0 saturated carbocycles. The maximum Gasteiger partial charge on any atom is 0.254 e. The SMILES string of the molecule is C=C1c2sccc2C(C#CCNC(=O)C(Cl)Cl)=CN1C(C)(C)C. The van der Waals surface area contributed by atoms with Gasteiger partial charge in [0.25, 0.3) is 5.91 Å². The second-order valence-corrected chi connectivity index (χ2v) is 8.03. The van der Waals surface area contributed by atoms with Crippen molar-refractivity contribution in [2.24, 2.45) is 0 Å². The zero-order valence-electron chi connectivity index (χ0n) is 13.2. The molecule has 1 aromatic heterocycles. The van der Waals surface area contributed by atoms with E-state index in [0.29, 0.717) is 0 Å². The van der Waals surface area contributed by atoms with Crippen molar-refractivity contribution in [3.8, 4) is 11.8 Å². The Kier molecular flexibility index (Phi) is 5.46. The maximum absolute atomic E-state index is 11.3. The molecule has 0 radical (unpaired) electrons. The predicted molar refractivity (Wildman–Crippen MR) is 99.2 cm³/mol. The average molecular weight is 369 g/mol. The van der Waals surface area contributed by atoms with Crippen LogP contribution in [0, 0.1) is 11.8 Å². The molecule has 0 unspecified atom stereocenters. The van der Waals surface area contributed by atoms with Crippen molar-refractivity contribution in [2.75, 3.05) is 6.54 Å². The number of hydrogen-bond donors (Lipinski definition) is 1. The van der Waals surface area contributed by atoms with Crippen molar-refractivity contribution in [2.45, 2.75) is 31.1 Å². The average Bonchev–Trinajstić information content (AvgIpc) is 2.94. The van der Waals surface area contributed by atoms with Gasteiger partial charge in [0.15, 0.2) is 4.84 Å². The number of allylic oxidation sites excluding steroid dienone is 1. The second-order valence-electron chi connectivity index (χ2n) is 6.01. The van der Waals surface area contributed by atoms with Crippen molar-refractivity contribution in [1.82, 2.24) is 10.2 Å². The molecule has 2 heterocycles. The normalized spacial score (nSPS) is 14.1. The first-order valence-electron chi connectivity index (χ1n) is 7.05. The molecular weight excluding hydrogens is 351 g/mol. The first-order chi connectivity index (χ1) is 10.7. The van der Waals surface area contributed by atoms with Crippen molar-refractivity contribution < 1.29 is 4.79 Å². The van der Waals surface area contributed by atoms with Crippen molar-refractivity contribution in [1.29, 1.82) is 0 Å². The molecule has 0 fully saturated rings. The van der Waals surface area contributed by atoms with E-state index >= 15 is 0 Å². The van der Waals surface area contributed by atoms with Crippen LogP contribution < -0.4 is 5.32 Å². The Bertz CT molecular complexity index is 717. The molecule has 6 heteroatoms. The zero-order valence-corrected chi connectivity index (χ0v) is 15.6. The van der Waals surface area contributed by atoms with Crippen LogP contribution in [-0.4, -0.2) is 27.7 Å². The van der Waals surface area contributed by atoms with Gasteiger partial charge in [0.2, 0.25) is 0 Å². The highest BCUT2D eigenvalue weighted by molar-refractivity contribution is 7.11. The van der Waals surface area contributed by atoms with Gasteiger partial charge in [-0.15, -0.1) is 11.3 Å². The minimum absolute atomic E-state index is 0.0929. The van der Waals surface area contributed by atoms with E-state index in [-0.39, 0.29) is 12.1 Å². The molecular formula is C17H18Cl2N2OS. The molecule has 0 saturated heterocycles. The van der Waals surface area contributed by atoms with Crippen LogP contribution in [0.15, 0.2) is 24.2 Å². The van der Waals surface area contributed by atoms with Gasteiger partial charge in [-0.05, 0) is 32.2 Å². The lowest BCUT2D eigenvalue weighted by molar-refractivity contribution is -0.119. The predicted octanol–water partition coefficient (Wildman–Crippen LogP) is 4.10. The Morgan fingerprint density at radius 2 is 2.17 bits per heavy atom. The van der Waals surface area contributed by atoms with Crippen LogP contribution in [0.25, 0.3) is 11.3 Å². The van der Waals surface area contributed by atoms with Gasteiger partial charge in [0, 0.05) is 22.9 Å². The van der Waals surface area contributed by atoms with Crippen molar-refractivity contribution in [3.63, 3.8) is 0 Å². The van der Waals surface area contributed by atoms with Crippen LogP contribution in [0.5, 0.6) is 0 Å². The molecule has 3 nitrogen and oxygen atoms in total. The largest absolute Gasteiger partial charge is 0.343 e. The molecule has 23 heavy (non-hydrogen) atoms. The standard InChI is InChI=1S/C17H18Cl2N2OS/c1-11-14-13(7-9-23-14)12(10-21(11)17(2,3)4)6-5-8-20-16(22)15(18)19/h7,9-10,15H,1,8H2,2-4H3,(H,20,22). The Balaban J connectivity index is 2.23. The second kappa shape index (κ2) is 7.00. The van der Waals surface area contributed by atoms with E-state index in [2.05, 4.69) is 49.4 Å². The number of nitrogens with zero attached hydrogens (tertiary/aromatic N) is 1. The van der Waals surface area contributed by atoms with Gasteiger partial charge in [-0.3, -0.25) is 4.79 Å². The van der Waals surface area contributed by atoms with Crippen LogP contribution in [-0.2, 0) is 4.79 Å². The number of hydrogen-bond acceptors (Lipinski definition) is 3. The van der Waals surface area contributed by atoms with Crippen LogP contribution in [0.4, 0.5) is 0 Å². The lowest BCUT2D eigenvalue weighted by Crippen LogP contribution is -2.37. The van der Waals surface area contributed by atoms with Gasteiger partial charge in [0.1, 0.15) is 0 Å². The quantitative estimate of drug-likeness (QED) is 0.629. The fourth-order valence-electron chi connectivity index (χ4n) is 2.18. The molecule has 1 amide bonds. The highest BCUT2D eigenvalue weighted by Crippen LogP contribution is 2.39. The number of rotatable bonds is 2. The first kappa shape index (κ1) is 17.9. The summed E-state index contributed by atoms with van der Waals surface area (Å²) in [7, 11) is 0. The molecule has 1 aromatic rings. The molecule has 2 rings (SSSR count). The minimum Gasteiger partial charge on any atom is -0.343 e. The summed E-state index contributed by atoms with van der Waals surface area (Å²) in [4.78, 5) is 13.5. The highest BCUT2D eigenvalue weighted by Gasteiger charge is 2.28. The van der Waals surface area contributed by atoms with Crippen LogP contribution in [0.1, 0.15) is 31.2 Å². The third-order valence-corrected chi connectivity index (χ3v) is 4.62. The lowest BCUT2D eigenvalue weighted by atomic mass is 9.97. The Morgan fingerprint density at radius 3 is 2.78 bits per heavy atom. The molecule has 0 atom stereocenters. The van der Waals surface area contributed by atoms with E-state index in [1.165, 1.54) is 0 Å². The number of nitrogens with one attached hydrogen (secondary N) is 1. The minimum atomic E-state index is -1.08. The van der Waals surface area contributed by atoms with Gasteiger partial charge in [-0.1, -0.05) is 41.6 Å². The van der Waals surface area contributed by atoms with Crippen molar-refractivity contribution in [3.05, 3.63) is 34.7 Å². The number of carbonyl (C=O) groups excluding carboxylic acids is 1. The monoisotopic (exact) mass is 368 g/mol. The van der Waals surface area contributed by atoms with E-state index in [4.69, 9.17) is 23.2 Å². The molecule has 0 aliphatic carbocycles. The lowest BCUT2D eigenvalue weighted by Gasteiger charge is -2.38. The van der Waals surface area contributed by atoms with Gasteiger partial charge in [0.05, 0.1) is 17.1 Å². The smallest absolute Gasteiger partial charge is 0.254 e. The molecule has 1 aliphatic heterocycles. The fraction of sp³-hybridized carbons (Fsp3) is 0.353. The highest BCUT2D eigenvalue weighted by atomic mass is 35.5. The number of thiophene rings is 1. The van der Waals surface area contributed by atoms with Crippen molar-refractivity contribution >= 4 is 51.7 Å². The Hall–Kier alpha value is -1.41. The number of alkyl halides is 2. The summed E-state index contributed by atoms with van der Waals surface area (Å²) >= 11 is 12.6. The first-order valence-corrected chi connectivity index (χ1v) is 8.80. The summed E-state index contributed by atoms with van der Waals surface area (Å²) in [5.74, 6) is 5.61. The molecule has 0 spiro atoms. The maximum atomic E-state index is 11.3. The summed E-state index contributed by atoms with van der Waals surface area (Å²) in [6.07, 6.45) is 2.01. The van der Waals surface area contributed by atoms with Gasteiger partial charge >= 0.3 is 0 Å². The van der Waals surface area contributed by atoms with Crippen LogP contribution in [0.2, 0.25) is 0 Å². The summed E-state index contributed by atoms with van der Waals surface area (Å²) in [6, 6.07) is 2.04. The fourth-order valence-corrected chi connectivity index (χ4v) is 3.21. The summed E-state index contributed by atoms with van der Waals surface area (Å²) in [5, 5.41) is 4.59. The zero-order chi connectivity index (χ0) is 17.2. The Labute approximate surface area is 151 Å². The van der Waals surface area contributed by atoms with Gasteiger partial charge in [-0.2, -0.15) is 0 Å². The topological polar surface area (TPSA) is 32.3 Å². The van der Waals surface area contributed by atoms with E-state index < -0.39 is 10.7 Å². The summed E-state index contributed by atoms with van der Waals surface area (Å²) in [6.45, 7) is 10.8. The molecule has 122 valence electrons. The third kappa shape index (κ3) is 4.11. The Morgan fingerprint density at radius 1 is 1.48 bits per heavy atom. The third-order valence-electron chi connectivity index (χ3n) is 3.26. The number of fused-ring (bicyclic) bond motifs is 1. The van der Waals surface area contributed by atoms with Crippen LogP contribution in [0.3, 0.4) is 0 Å². The van der Waals surface area contributed by atoms with Gasteiger partial charge < -0.3 is 10.2 Å². The van der Waals surface area contributed by atoms with Crippen LogP contribution >= 0.6 is 34.5 Å². The molecule has 1 aliphatic rings. The van der Waals surface area contributed by atoms with E-state index in [1.54, 1.807) is 11.3 Å².